The predicted molar refractivity (Wildman–Crippen MR) is 138 cm³/mol. The summed E-state index contributed by atoms with van der Waals surface area (Å²) in [5.74, 6) is -0.228. The van der Waals surface area contributed by atoms with Gasteiger partial charge in [0.05, 0.1) is 11.8 Å². The number of nitrogens with zero attached hydrogens (tertiary/aromatic N) is 5. The van der Waals surface area contributed by atoms with Gasteiger partial charge in [0.1, 0.15) is 11.6 Å². The molecule has 2 heterocycles. The maximum absolute atomic E-state index is 13.7. The van der Waals surface area contributed by atoms with Crippen molar-refractivity contribution in [1.29, 1.82) is 0 Å². The summed E-state index contributed by atoms with van der Waals surface area (Å²) in [6.45, 7) is 7.43. The molecule has 3 unspecified atom stereocenters. The number of alkyl halides is 3. The number of ether oxygens (including phenoxy) is 1. The smallest absolute Gasteiger partial charge is 0.453 e. The molecule has 1 aromatic heterocycles. The zero-order chi connectivity index (χ0) is 27.6. The van der Waals surface area contributed by atoms with Gasteiger partial charge in [-0.3, -0.25) is 0 Å². The van der Waals surface area contributed by atoms with Crippen LogP contribution < -0.4 is 10.1 Å². The van der Waals surface area contributed by atoms with Crippen LogP contribution in [0.15, 0.2) is 42.5 Å². The van der Waals surface area contributed by atoms with E-state index in [0.717, 1.165) is 38.0 Å². The van der Waals surface area contributed by atoms with E-state index in [0.29, 0.717) is 28.5 Å². The number of tetrazole rings is 1. The Hall–Kier alpha value is -3.05. The van der Waals surface area contributed by atoms with E-state index in [4.69, 9.17) is 4.74 Å². The third-order valence-electron chi connectivity index (χ3n) is 7.67. The molecule has 2 fully saturated rings. The fourth-order valence-corrected chi connectivity index (χ4v) is 5.98. The predicted octanol–water partition coefficient (Wildman–Crippen LogP) is 5.36. The molecule has 1 aliphatic heterocycles. The van der Waals surface area contributed by atoms with Crippen LogP contribution in [0.4, 0.5) is 17.6 Å². The second kappa shape index (κ2) is 11.6. The number of rotatable bonds is 9. The Morgan fingerprint density at radius 1 is 1.05 bits per heavy atom. The third-order valence-corrected chi connectivity index (χ3v) is 7.67. The van der Waals surface area contributed by atoms with Gasteiger partial charge in [0.2, 0.25) is 0 Å². The summed E-state index contributed by atoms with van der Waals surface area (Å²) < 4.78 is 60.8. The highest BCUT2D eigenvalue weighted by Gasteiger charge is 2.39. The number of aromatic nitrogens is 4. The minimum absolute atomic E-state index is 0.114. The molecule has 3 aromatic rings. The lowest BCUT2D eigenvalue weighted by molar-refractivity contribution is -0.146. The van der Waals surface area contributed by atoms with Gasteiger partial charge < -0.3 is 15.0 Å². The lowest BCUT2D eigenvalue weighted by Gasteiger charge is -2.29. The average molecular weight is 547 g/mol. The van der Waals surface area contributed by atoms with E-state index >= 15 is 0 Å². The van der Waals surface area contributed by atoms with Crippen molar-refractivity contribution in [3.8, 4) is 11.4 Å². The number of hydrogen-bond acceptors (Lipinski definition) is 6. The molecule has 0 bridgehead atoms. The van der Waals surface area contributed by atoms with Crippen LogP contribution in [-0.4, -0.2) is 56.9 Å². The molecule has 210 valence electrons. The summed E-state index contributed by atoms with van der Waals surface area (Å²) >= 11 is 0. The minimum atomic E-state index is -4.69. The SMILES string of the molecule is CC(C)Oc1ccc(-n2nnnc2C(F)(F)F)cc1CNC1CCC(CN2CCCC2)C1c1ccc(F)cc1. The van der Waals surface area contributed by atoms with Crippen molar-refractivity contribution in [2.45, 2.75) is 70.3 Å². The van der Waals surface area contributed by atoms with E-state index in [-0.39, 0.29) is 29.6 Å². The highest BCUT2D eigenvalue weighted by molar-refractivity contribution is 5.44. The maximum atomic E-state index is 13.7. The van der Waals surface area contributed by atoms with Crippen LogP contribution in [0.1, 0.15) is 62.4 Å². The maximum Gasteiger partial charge on any atom is 0.453 e. The summed E-state index contributed by atoms with van der Waals surface area (Å²) in [6.07, 6.45) is -0.358. The van der Waals surface area contributed by atoms with Crippen LogP contribution in [-0.2, 0) is 12.7 Å². The van der Waals surface area contributed by atoms with Crippen LogP contribution in [0.5, 0.6) is 5.75 Å². The molecule has 2 aromatic carbocycles. The Balaban J connectivity index is 1.40. The normalized spacial score (nSPS) is 22.2. The van der Waals surface area contributed by atoms with Gasteiger partial charge in [0.15, 0.2) is 0 Å². The van der Waals surface area contributed by atoms with E-state index in [2.05, 4.69) is 25.7 Å². The molecule has 39 heavy (non-hydrogen) atoms. The highest BCUT2D eigenvalue weighted by Crippen LogP contribution is 2.41. The van der Waals surface area contributed by atoms with Gasteiger partial charge in [-0.1, -0.05) is 12.1 Å². The summed E-state index contributed by atoms with van der Waals surface area (Å²) in [5, 5.41) is 13.7. The Morgan fingerprint density at radius 2 is 1.79 bits per heavy atom. The molecule has 1 saturated carbocycles. The fraction of sp³-hybridized carbons (Fsp3) is 0.536. The molecule has 1 aliphatic carbocycles. The zero-order valence-electron chi connectivity index (χ0n) is 22.2. The molecule has 7 nitrogen and oxygen atoms in total. The van der Waals surface area contributed by atoms with Crippen molar-refractivity contribution in [2.24, 2.45) is 5.92 Å². The summed E-state index contributed by atoms with van der Waals surface area (Å²) in [4.78, 5) is 2.52. The van der Waals surface area contributed by atoms with E-state index in [1.165, 1.54) is 31.0 Å². The first-order valence-electron chi connectivity index (χ1n) is 13.6. The van der Waals surface area contributed by atoms with Gasteiger partial charge in [-0.25, -0.2) is 4.39 Å². The lowest BCUT2D eigenvalue weighted by atomic mass is 9.86. The second-order valence-electron chi connectivity index (χ2n) is 10.8. The fourth-order valence-electron chi connectivity index (χ4n) is 5.98. The largest absolute Gasteiger partial charge is 0.491 e. The quantitative estimate of drug-likeness (QED) is 0.365. The standard InChI is InChI=1S/C28H34F4N6O/c1-18(2)39-25-12-10-23(38-27(28(30,31)32)34-35-36-38)15-21(25)16-33-24-11-7-20(17-37-13-3-4-14-37)26(24)19-5-8-22(29)9-6-19/h5-6,8-10,12,15,18,20,24,26,33H,3-4,7,11,13-14,16-17H2,1-2H3. The first-order chi connectivity index (χ1) is 18.7. The summed E-state index contributed by atoms with van der Waals surface area (Å²) in [5.41, 5.74) is 2.02. The van der Waals surface area contributed by atoms with Crippen molar-refractivity contribution in [3.05, 3.63) is 65.2 Å². The zero-order valence-corrected chi connectivity index (χ0v) is 22.2. The van der Waals surface area contributed by atoms with Gasteiger partial charge in [-0.15, -0.1) is 5.10 Å². The molecule has 2 aliphatic rings. The first kappa shape index (κ1) is 27.5. The van der Waals surface area contributed by atoms with Crippen molar-refractivity contribution in [1.82, 2.24) is 30.4 Å². The van der Waals surface area contributed by atoms with E-state index < -0.39 is 12.0 Å². The molecule has 0 amide bonds. The Labute approximate surface area is 225 Å². The number of halogens is 4. The van der Waals surface area contributed by atoms with Crippen LogP contribution in [0.3, 0.4) is 0 Å². The molecule has 1 N–H and O–H groups in total. The molecule has 5 rings (SSSR count). The lowest BCUT2D eigenvalue weighted by Crippen LogP contribution is -2.35. The molecule has 1 saturated heterocycles. The van der Waals surface area contributed by atoms with Gasteiger partial charge >= 0.3 is 6.18 Å². The minimum Gasteiger partial charge on any atom is -0.491 e. The van der Waals surface area contributed by atoms with Gasteiger partial charge in [0.25, 0.3) is 5.82 Å². The Morgan fingerprint density at radius 3 is 2.49 bits per heavy atom. The topological polar surface area (TPSA) is 68.1 Å². The molecule has 3 atom stereocenters. The number of nitrogens with one attached hydrogen (secondary N) is 1. The average Bonchev–Trinajstić information content (AvgIpc) is 3.65. The van der Waals surface area contributed by atoms with Gasteiger partial charge in [-0.2, -0.15) is 17.9 Å². The third kappa shape index (κ3) is 6.41. The molecule has 11 heteroatoms. The summed E-state index contributed by atoms with van der Waals surface area (Å²) in [7, 11) is 0. The van der Waals surface area contributed by atoms with Gasteiger partial charge in [0, 0.05) is 30.6 Å². The van der Waals surface area contributed by atoms with Crippen LogP contribution in [0.25, 0.3) is 5.69 Å². The second-order valence-corrected chi connectivity index (χ2v) is 10.8. The number of hydrogen-bond donors (Lipinski definition) is 1. The van der Waals surface area contributed by atoms with E-state index in [1.807, 2.05) is 26.0 Å². The van der Waals surface area contributed by atoms with Crippen molar-refractivity contribution >= 4 is 0 Å². The van der Waals surface area contributed by atoms with Crippen LogP contribution in [0.2, 0.25) is 0 Å². The highest BCUT2D eigenvalue weighted by atomic mass is 19.4. The van der Waals surface area contributed by atoms with Crippen molar-refractivity contribution < 1.29 is 22.3 Å². The number of likely N-dealkylation sites (tertiary alicyclic amines) is 1. The Kier molecular flexibility index (Phi) is 8.18. The van der Waals surface area contributed by atoms with Crippen LogP contribution >= 0.6 is 0 Å². The van der Waals surface area contributed by atoms with E-state index in [1.54, 1.807) is 12.1 Å². The number of benzene rings is 2. The molecule has 0 radical (unpaired) electrons. The summed E-state index contributed by atoms with van der Waals surface area (Å²) in [6, 6.07) is 11.7. The first-order valence-corrected chi connectivity index (χ1v) is 13.6. The Bertz CT molecular complexity index is 1240. The van der Waals surface area contributed by atoms with E-state index in [9.17, 15) is 17.6 Å². The molecular weight excluding hydrogens is 512 g/mol. The monoisotopic (exact) mass is 546 g/mol. The molecular formula is C28H34F4N6O. The van der Waals surface area contributed by atoms with Crippen molar-refractivity contribution in [3.63, 3.8) is 0 Å². The van der Waals surface area contributed by atoms with Gasteiger partial charge in [-0.05, 0) is 105 Å². The molecule has 0 spiro atoms. The van der Waals surface area contributed by atoms with Crippen LogP contribution in [0, 0.1) is 11.7 Å². The van der Waals surface area contributed by atoms with Crippen molar-refractivity contribution in [2.75, 3.05) is 19.6 Å².